The first-order valence-electron chi connectivity index (χ1n) is 6.44. The van der Waals surface area contributed by atoms with E-state index in [0.29, 0.717) is 24.7 Å². The Morgan fingerprint density at radius 3 is 2.21 bits per heavy atom. The van der Waals surface area contributed by atoms with Crippen LogP contribution in [0.5, 0.6) is 11.5 Å². The van der Waals surface area contributed by atoms with Gasteiger partial charge in [0, 0.05) is 17.1 Å². The van der Waals surface area contributed by atoms with Crippen molar-refractivity contribution in [3.05, 3.63) is 28.4 Å². The summed E-state index contributed by atoms with van der Waals surface area (Å²) in [5, 5.41) is 1.63. The monoisotopic (exact) mass is 279 g/mol. The molecular weight excluding hydrogens is 262 g/mol. The highest BCUT2D eigenvalue weighted by molar-refractivity contribution is 6.36. The molecule has 1 aromatic carbocycles. The highest BCUT2D eigenvalue weighted by atomic mass is 35.5. The Balaban J connectivity index is 2.70. The maximum Gasteiger partial charge on any atom is 0.163 e. The van der Waals surface area contributed by atoms with Crippen molar-refractivity contribution >= 4 is 22.5 Å². The van der Waals surface area contributed by atoms with Gasteiger partial charge in [0.05, 0.1) is 23.8 Å². The van der Waals surface area contributed by atoms with Crippen molar-refractivity contribution < 1.29 is 9.47 Å². The minimum Gasteiger partial charge on any atom is -0.490 e. The van der Waals surface area contributed by atoms with Gasteiger partial charge in [-0.05, 0) is 39.3 Å². The first-order chi connectivity index (χ1) is 9.08. The van der Waals surface area contributed by atoms with Crippen LogP contribution in [0, 0.1) is 13.8 Å². The van der Waals surface area contributed by atoms with Crippen LogP contribution in [-0.4, -0.2) is 18.2 Å². The number of aryl methyl sites for hydroxylation is 1. The van der Waals surface area contributed by atoms with Gasteiger partial charge in [-0.1, -0.05) is 11.6 Å². The molecule has 0 saturated carbocycles. The van der Waals surface area contributed by atoms with Gasteiger partial charge in [0.25, 0.3) is 0 Å². The number of fused-ring (bicyclic) bond motifs is 1. The van der Waals surface area contributed by atoms with Gasteiger partial charge in [0.2, 0.25) is 0 Å². The van der Waals surface area contributed by atoms with E-state index in [9.17, 15) is 0 Å². The molecule has 3 nitrogen and oxygen atoms in total. The molecule has 2 aromatic rings. The van der Waals surface area contributed by atoms with Gasteiger partial charge in [0.15, 0.2) is 11.5 Å². The lowest BCUT2D eigenvalue weighted by atomic mass is 10.1. The van der Waals surface area contributed by atoms with E-state index in [4.69, 9.17) is 21.1 Å². The van der Waals surface area contributed by atoms with Gasteiger partial charge in [-0.25, -0.2) is 0 Å². The SMILES string of the molecule is CCOc1cc2nc(C)c(C)c(Cl)c2cc1OCC. The van der Waals surface area contributed by atoms with Crippen LogP contribution in [-0.2, 0) is 0 Å². The predicted molar refractivity (Wildman–Crippen MR) is 78.6 cm³/mol. The lowest BCUT2D eigenvalue weighted by Crippen LogP contribution is -2.00. The Bertz CT molecular complexity index is 611. The fourth-order valence-electron chi connectivity index (χ4n) is 1.98. The molecule has 0 unspecified atom stereocenters. The second kappa shape index (κ2) is 5.66. The third-order valence-electron chi connectivity index (χ3n) is 3.06. The number of pyridine rings is 1. The molecule has 0 aliphatic rings. The van der Waals surface area contributed by atoms with Gasteiger partial charge in [-0.3, -0.25) is 4.98 Å². The van der Waals surface area contributed by atoms with E-state index < -0.39 is 0 Å². The second-order valence-corrected chi connectivity index (χ2v) is 4.70. The van der Waals surface area contributed by atoms with Gasteiger partial charge < -0.3 is 9.47 Å². The Hall–Kier alpha value is -1.48. The Kier molecular flexibility index (Phi) is 4.15. The molecule has 4 heteroatoms. The average Bonchev–Trinajstić information content (AvgIpc) is 2.38. The molecular formula is C15H18ClNO2. The Morgan fingerprint density at radius 1 is 1.05 bits per heavy atom. The van der Waals surface area contributed by atoms with E-state index >= 15 is 0 Å². The zero-order valence-electron chi connectivity index (χ0n) is 11.7. The summed E-state index contributed by atoms with van der Waals surface area (Å²) >= 11 is 6.40. The Morgan fingerprint density at radius 2 is 1.63 bits per heavy atom. The zero-order valence-corrected chi connectivity index (χ0v) is 12.5. The number of nitrogens with zero attached hydrogens (tertiary/aromatic N) is 1. The molecule has 0 aliphatic carbocycles. The molecule has 19 heavy (non-hydrogen) atoms. The van der Waals surface area contributed by atoms with E-state index in [0.717, 1.165) is 27.2 Å². The van der Waals surface area contributed by atoms with Crippen LogP contribution < -0.4 is 9.47 Å². The molecule has 0 aliphatic heterocycles. The molecule has 0 spiro atoms. The van der Waals surface area contributed by atoms with Crippen LogP contribution in [0.4, 0.5) is 0 Å². The summed E-state index contributed by atoms with van der Waals surface area (Å²) in [5.74, 6) is 1.42. The molecule has 0 radical (unpaired) electrons. The summed E-state index contributed by atoms with van der Waals surface area (Å²) in [7, 11) is 0. The standard InChI is InChI=1S/C15H18ClNO2/c1-5-18-13-7-11-12(8-14(13)19-6-2)17-10(4)9(3)15(11)16/h7-8H,5-6H2,1-4H3. The van der Waals surface area contributed by atoms with Crippen LogP contribution >= 0.6 is 11.6 Å². The number of ether oxygens (including phenoxy) is 2. The minimum absolute atomic E-state index is 0.585. The van der Waals surface area contributed by atoms with Gasteiger partial charge in [-0.2, -0.15) is 0 Å². The van der Waals surface area contributed by atoms with E-state index in [1.165, 1.54) is 0 Å². The zero-order chi connectivity index (χ0) is 14.0. The fraction of sp³-hybridized carbons (Fsp3) is 0.400. The van der Waals surface area contributed by atoms with E-state index in [1.54, 1.807) is 0 Å². The van der Waals surface area contributed by atoms with Crippen molar-refractivity contribution in [1.82, 2.24) is 4.98 Å². The summed E-state index contributed by atoms with van der Waals surface area (Å²) in [6.45, 7) is 8.99. The third-order valence-corrected chi connectivity index (χ3v) is 3.55. The molecule has 0 amide bonds. The molecule has 0 N–H and O–H groups in total. The highest BCUT2D eigenvalue weighted by Gasteiger charge is 2.13. The maximum atomic E-state index is 6.40. The van der Waals surface area contributed by atoms with Crippen molar-refractivity contribution in [3.8, 4) is 11.5 Å². The molecule has 102 valence electrons. The van der Waals surface area contributed by atoms with Crippen LogP contribution in [0.2, 0.25) is 5.02 Å². The number of rotatable bonds is 4. The summed E-state index contributed by atoms with van der Waals surface area (Å²) < 4.78 is 11.2. The highest BCUT2D eigenvalue weighted by Crippen LogP contribution is 2.36. The molecule has 2 rings (SSSR count). The van der Waals surface area contributed by atoms with Crippen LogP contribution in [0.1, 0.15) is 25.1 Å². The summed E-state index contributed by atoms with van der Waals surface area (Å²) in [4.78, 5) is 4.56. The number of hydrogen-bond acceptors (Lipinski definition) is 3. The normalized spacial score (nSPS) is 10.8. The summed E-state index contributed by atoms with van der Waals surface area (Å²) in [6, 6.07) is 3.80. The molecule has 0 atom stereocenters. The molecule has 0 saturated heterocycles. The van der Waals surface area contributed by atoms with Gasteiger partial charge in [-0.15, -0.1) is 0 Å². The number of aromatic nitrogens is 1. The van der Waals surface area contributed by atoms with Crippen LogP contribution in [0.25, 0.3) is 10.9 Å². The molecule has 0 bridgehead atoms. The van der Waals surface area contributed by atoms with E-state index in [1.807, 2.05) is 39.8 Å². The molecule has 1 aromatic heterocycles. The van der Waals surface area contributed by atoms with E-state index in [-0.39, 0.29) is 0 Å². The third kappa shape index (κ3) is 2.61. The largest absolute Gasteiger partial charge is 0.490 e. The second-order valence-electron chi connectivity index (χ2n) is 4.32. The first kappa shape index (κ1) is 13.9. The van der Waals surface area contributed by atoms with Crippen molar-refractivity contribution in [3.63, 3.8) is 0 Å². The van der Waals surface area contributed by atoms with Crippen LogP contribution in [0.15, 0.2) is 12.1 Å². The maximum absolute atomic E-state index is 6.40. The quantitative estimate of drug-likeness (QED) is 0.836. The van der Waals surface area contributed by atoms with Gasteiger partial charge in [0.1, 0.15) is 0 Å². The number of benzene rings is 1. The summed E-state index contributed by atoms with van der Waals surface area (Å²) in [6.07, 6.45) is 0. The molecule has 1 heterocycles. The number of halogens is 1. The average molecular weight is 280 g/mol. The first-order valence-corrected chi connectivity index (χ1v) is 6.82. The topological polar surface area (TPSA) is 31.4 Å². The van der Waals surface area contributed by atoms with Crippen molar-refractivity contribution in [1.29, 1.82) is 0 Å². The lowest BCUT2D eigenvalue weighted by molar-refractivity contribution is 0.288. The number of hydrogen-bond donors (Lipinski definition) is 0. The fourth-order valence-corrected chi connectivity index (χ4v) is 2.27. The van der Waals surface area contributed by atoms with Crippen LogP contribution in [0.3, 0.4) is 0 Å². The van der Waals surface area contributed by atoms with Crippen molar-refractivity contribution in [2.45, 2.75) is 27.7 Å². The van der Waals surface area contributed by atoms with E-state index in [2.05, 4.69) is 4.98 Å². The van der Waals surface area contributed by atoms with Crippen molar-refractivity contribution in [2.75, 3.05) is 13.2 Å². The summed E-state index contributed by atoms with van der Waals surface area (Å²) in [5.41, 5.74) is 2.77. The lowest BCUT2D eigenvalue weighted by Gasteiger charge is -2.14. The predicted octanol–water partition coefficient (Wildman–Crippen LogP) is 4.30. The minimum atomic E-state index is 0.585. The smallest absolute Gasteiger partial charge is 0.163 e. The molecule has 0 fully saturated rings. The van der Waals surface area contributed by atoms with Gasteiger partial charge >= 0.3 is 0 Å². The van der Waals surface area contributed by atoms with Crippen molar-refractivity contribution in [2.24, 2.45) is 0 Å². The Labute approximate surface area is 118 Å².